The summed E-state index contributed by atoms with van der Waals surface area (Å²) in [5.41, 5.74) is 0.470. The molecule has 7 nitrogen and oxygen atoms in total. The highest BCUT2D eigenvalue weighted by Gasteiger charge is 2.34. The minimum atomic E-state index is -0.792. The largest absolute Gasteiger partial charge is 0.481 e. The molecule has 0 radical (unpaired) electrons. The Hall–Kier alpha value is -2.18. The van der Waals surface area contributed by atoms with Crippen molar-refractivity contribution in [3.8, 4) is 0 Å². The first-order valence-electron chi connectivity index (χ1n) is 6.24. The molecule has 2 aromatic rings. The van der Waals surface area contributed by atoms with E-state index in [9.17, 15) is 9.90 Å². The van der Waals surface area contributed by atoms with E-state index in [1.807, 2.05) is 13.8 Å². The van der Waals surface area contributed by atoms with Crippen molar-refractivity contribution in [2.24, 2.45) is 5.41 Å². The number of aromatic amines is 1. The fraction of sp³-hybridized carbons (Fsp3) is 0.500. The van der Waals surface area contributed by atoms with Gasteiger partial charge in [0.15, 0.2) is 11.5 Å². The number of aromatic nitrogens is 4. The summed E-state index contributed by atoms with van der Waals surface area (Å²) < 4.78 is 0. The van der Waals surface area contributed by atoms with E-state index >= 15 is 0 Å². The zero-order valence-corrected chi connectivity index (χ0v) is 11.0. The number of carboxylic acids is 1. The van der Waals surface area contributed by atoms with Gasteiger partial charge in [-0.15, -0.1) is 0 Å². The van der Waals surface area contributed by atoms with Gasteiger partial charge in [-0.3, -0.25) is 4.79 Å². The molecular weight excluding hydrogens is 246 g/mol. The second-order valence-electron chi connectivity index (χ2n) is 4.47. The van der Waals surface area contributed by atoms with Crippen LogP contribution in [0.25, 0.3) is 11.2 Å². The highest BCUT2D eigenvalue weighted by atomic mass is 16.4. The summed E-state index contributed by atoms with van der Waals surface area (Å²) in [5.74, 6) is -0.213. The van der Waals surface area contributed by atoms with Crippen LogP contribution in [0.5, 0.6) is 0 Å². The van der Waals surface area contributed by atoms with Crippen LogP contribution in [0.1, 0.15) is 26.7 Å². The third kappa shape index (κ3) is 2.35. The Balaban J connectivity index is 2.22. The summed E-state index contributed by atoms with van der Waals surface area (Å²) in [6, 6.07) is 0. The van der Waals surface area contributed by atoms with Crippen LogP contribution >= 0.6 is 0 Å². The lowest BCUT2D eigenvalue weighted by Gasteiger charge is -2.27. The van der Waals surface area contributed by atoms with Crippen molar-refractivity contribution >= 4 is 23.0 Å². The van der Waals surface area contributed by atoms with Crippen molar-refractivity contribution in [2.45, 2.75) is 26.7 Å². The molecular formula is C12H17N5O2. The fourth-order valence-electron chi connectivity index (χ4n) is 2.03. The van der Waals surface area contributed by atoms with Crippen LogP contribution < -0.4 is 5.32 Å². The molecule has 7 heteroatoms. The van der Waals surface area contributed by atoms with Crippen molar-refractivity contribution in [2.75, 3.05) is 11.9 Å². The van der Waals surface area contributed by atoms with Crippen LogP contribution in [0.4, 0.5) is 5.82 Å². The molecule has 19 heavy (non-hydrogen) atoms. The Kier molecular flexibility index (Phi) is 3.64. The lowest BCUT2D eigenvalue weighted by atomic mass is 9.82. The number of hydrogen-bond donors (Lipinski definition) is 3. The van der Waals surface area contributed by atoms with E-state index in [4.69, 9.17) is 0 Å². The maximum atomic E-state index is 11.4. The molecule has 0 spiro atoms. The number of anilines is 1. The highest BCUT2D eigenvalue weighted by molar-refractivity contribution is 5.82. The van der Waals surface area contributed by atoms with Gasteiger partial charge in [0.05, 0.1) is 11.7 Å². The number of H-pyrrole nitrogens is 1. The van der Waals surface area contributed by atoms with Crippen molar-refractivity contribution in [1.82, 2.24) is 19.9 Å². The van der Waals surface area contributed by atoms with Crippen LogP contribution in [0.3, 0.4) is 0 Å². The first-order chi connectivity index (χ1) is 9.13. The molecule has 0 amide bonds. The van der Waals surface area contributed by atoms with Gasteiger partial charge in [-0.2, -0.15) is 0 Å². The van der Waals surface area contributed by atoms with E-state index in [0.29, 0.717) is 36.4 Å². The predicted octanol–water partition coefficient (Wildman–Crippen LogP) is 1.66. The van der Waals surface area contributed by atoms with Crippen LogP contribution in [0.2, 0.25) is 0 Å². The Morgan fingerprint density at radius 1 is 1.37 bits per heavy atom. The van der Waals surface area contributed by atoms with Gasteiger partial charge in [0, 0.05) is 6.54 Å². The fourth-order valence-corrected chi connectivity index (χ4v) is 2.03. The lowest BCUT2D eigenvalue weighted by molar-refractivity contribution is -0.148. The Morgan fingerprint density at radius 2 is 2.11 bits per heavy atom. The van der Waals surface area contributed by atoms with Crippen LogP contribution in [-0.2, 0) is 4.79 Å². The second-order valence-corrected chi connectivity index (χ2v) is 4.47. The molecule has 0 bridgehead atoms. The number of carboxylic acid groups (broad SMARTS) is 1. The van der Waals surface area contributed by atoms with Crippen molar-refractivity contribution < 1.29 is 9.90 Å². The number of aliphatic carboxylic acids is 1. The molecule has 0 aliphatic carbocycles. The molecule has 3 N–H and O–H groups in total. The molecule has 2 aromatic heterocycles. The van der Waals surface area contributed by atoms with Gasteiger partial charge in [-0.05, 0) is 12.8 Å². The zero-order valence-electron chi connectivity index (χ0n) is 11.0. The number of imidazole rings is 1. The van der Waals surface area contributed by atoms with Gasteiger partial charge in [0.1, 0.15) is 11.8 Å². The van der Waals surface area contributed by atoms with Crippen LogP contribution in [0, 0.1) is 5.41 Å². The van der Waals surface area contributed by atoms with Gasteiger partial charge >= 0.3 is 5.97 Å². The summed E-state index contributed by atoms with van der Waals surface area (Å²) >= 11 is 0. The van der Waals surface area contributed by atoms with E-state index in [1.165, 1.54) is 12.7 Å². The molecule has 0 saturated heterocycles. The van der Waals surface area contributed by atoms with Gasteiger partial charge < -0.3 is 15.4 Å². The average molecular weight is 263 g/mol. The maximum absolute atomic E-state index is 11.4. The second kappa shape index (κ2) is 5.21. The predicted molar refractivity (Wildman–Crippen MR) is 70.8 cm³/mol. The number of rotatable bonds is 6. The number of fused-ring (bicyclic) bond motifs is 1. The smallest absolute Gasteiger partial charge is 0.311 e. The molecule has 0 atom stereocenters. The minimum Gasteiger partial charge on any atom is -0.481 e. The third-order valence-electron chi connectivity index (χ3n) is 3.62. The molecule has 0 aliphatic rings. The maximum Gasteiger partial charge on any atom is 0.311 e. The first-order valence-corrected chi connectivity index (χ1v) is 6.24. The van der Waals surface area contributed by atoms with Gasteiger partial charge in [0.25, 0.3) is 0 Å². The zero-order chi connectivity index (χ0) is 13.9. The van der Waals surface area contributed by atoms with Gasteiger partial charge in [-0.25, -0.2) is 15.0 Å². The first kappa shape index (κ1) is 13.3. The van der Waals surface area contributed by atoms with E-state index in [1.54, 1.807) is 0 Å². The Morgan fingerprint density at radius 3 is 2.74 bits per heavy atom. The molecule has 0 saturated carbocycles. The lowest BCUT2D eigenvalue weighted by Crippen LogP contribution is -2.37. The SMILES string of the molecule is CCC(CC)(CNc1ncnc2nc[nH]c12)C(=O)O. The monoisotopic (exact) mass is 263 g/mol. The molecule has 2 heterocycles. The quantitative estimate of drug-likeness (QED) is 0.732. The standard InChI is InChI=1S/C12H17N5O2/c1-3-12(4-2,11(18)19)5-13-9-8-10(15-6-14-8)17-7-16-9/h6-7H,3-5H2,1-2H3,(H,18,19)(H2,13,14,15,16,17). The summed E-state index contributed by atoms with van der Waals surface area (Å²) in [7, 11) is 0. The van der Waals surface area contributed by atoms with Crippen molar-refractivity contribution in [3.05, 3.63) is 12.7 Å². The van der Waals surface area contributed by atoms with Crippen molar-refractivity contribution in [3.63, 3.8) is 0 Å². The van der Waals surface area contributed by atoms with Crippen molar-refractivity contribution in [1.29, 1.82) is 0 Å². The number of nitrogens with zero attached hydrogens (tertiary/aromatic N) is 3. The Bertz CT molecular complexity index is 576. The molecule has 0 aliphatic heterocycles. The molecule has 102 valence electrons. The summed E-state index contributed by atoms with van der Waals surface area (Å²) in [6.45, 7) is 4.08. The minimum absolute atomic E-state index is 0.320. The molecule has 0 unspecified atom stereocenters. The Labute approximate surface area is 110 Å². The topological polar surface area (TPSA) is 104 Å². The molecule has 2 rings (SSSR count). The number of nitrogens with one attached hydrogen (secondary N) is 2. The van der Waals surface area contributed by atoms with E-state index in [0.717, 1.165) is 0 Å². The number of hydrogen-bond acceptors (Lipinski definition) is 5. The van der Waals surface area contributed by atoms with Gasteiger partial charge in [0.2, 0.25) is 0 Å². The summed E-state index contributed by atoms with van der Waals surface area (Å²) in [4.78, 5) is 26.5. The van der Waals surface area contributed by atoms with Gasteiger partial charge in [-0.1, -0.05) is 13.8 Å². The van der Waals surface area contributed by atoms with Crippen LogP contribution in [-0.4, -0.2) is 37.6 Å². The third-order valence-corrected chi connectivity index (χ3v) is 3.62. The normalized spacial score (nSPS) is 11.7. The van der Waals surface area contributed by atoms with E-state index in [2.05, 4.69) is 25.3 Å². The van der Waals surface area contributed by atoms with E-state index in [-0.39, 0.29) is 0 Å². The van der Waals surface area contributed by atoms with Crippen LogP contribution in [0.15, 0.2) is 12.7 Å². The van der Waals surface area contributed by atoms with E-state index < -0.39 is 11.4 Å². The summed E-state index contributed by atoms with van der Waals surface area (Å²) in [5, 5.41) is 12.5. The molecule has 0 aromatic carbocycles. The average Bonchev–Trinajstić information content (AvgIpc) is 2.89. The highest BCUT2D eigenvalue weighted by Crippen LogP contribution is 2.27. The summed E-state index contributed by atoms with van der Waals surface area (Å²) in [6.07, 6.45) is 4.06. The number of carbonyl (C=O) groups is 1. The molecule has 0 fully saturated rings.